The quantitative estimate of drug-likeness (QED) is 0.902. The first-order valence-corrected chi connectivity index (χ1v) is 7.44. The van der Waals surface area contributed by atoms with Gasteiger partial charge in [0.25, 0.3) is 5.89 Å². The fourth-order valence-electron chi connectivity index (χ4n) is 1.28. The van der Waals surface area contributed by atoms with Gasteiger partial charge in [-0.15, -0.1) is 11.3 Å². The van der Waals surface area contributed by atoms with E-state index in [9.17, 15) is 0 Å². The molecule has 0 amide bonds. The maximum Gasteiger partial charge on any atom is 0.270 e. The Balaban J connectivity index is 1.99. The Bertz CT molecular complexity index is 479. The predicted molar refractivity (Wildman–Crippen MR) is 73.0 cm³/mol. The van der Waals surface area contributed by atoms with Gasteiger partial charge in [0.2, 0.25) is 0 Å². The van der Waals surface area contributed by atoms with Crippen molar-refractivity contribution in [3.63, 3.8) is 0 Å². The Morgan fingerprint density at radius 1 is 1.53 bits per heavy atom. The lowest BCUT2D eigenvalue weighted by atomic mass is 10.3. The molecule has 0 aromatic carbocycles. The van der Waals surface area contributed by atoms with E-state index >= 15 is 0 Å². The van der Waals surface area contributed by atoms with Gasteiger partial charge < -0.3 is 10.3 Å². The van der Waals surface area contributed by atoms with Crippen LogP contribution in [0.25, 0.3) is 10.8 Å². The van der Waals surface area contributed by atoms with E-state index in [1.165, 1.54) is 11.3 Å². The number of thiophene rings is 1. The standard InChI is InChI=1S/C11H15N3OS2/c1-7(2)5-16-6-9-13-11(15-14-9)10-8(12)3-4-17-10/h3-4,7H,5-6,12H2,1-2H3. The summed E-state index contributed by atoms with van der Waals surface area (Å²) in [5.41, 5.74) is 6.49. The van der Waals surface area contributed by atoms with E-state index < -0.39 is 0 Å². The van der Waals surface area contributed by atoms with Gasteiger partial charge in [-0.25, -0.2) is 0 Å². The highest BCUT2D eigenvalue weighted by atomic mass is 32.2. The molecule has 17 heavy (non-hydrogen) atoms. The van der Waals surface area contributed by atoms with Crippen LogP contribution in [0.4, 0.5) is 5.69 Å². The average Bonchev–Trinajstić information content (AvgIpc) is 2.86. The lowest BCUT2D eigenvalue weighted by Crippen LogP contribution is -1.92. The van der Waals surface area contributed by atoms with Crippen molar-refractivity contribution in [3.05, 3.63) is 17.3 Å². The number of rotatable bonds is 5. The maximum absolute atomic E-state index is 5.80. The molecular formula is C11H15N3OS2. The smallest absolute Gasteiger partial charge is 0.270 e. The van der Waals surface area contributed by atoms with Gasteiger partial charge in [0.1, 0.15) is 4.88 Å². The summed E-state index contributed by atoms with van der Waals surface area (Å²) in [5, 5.41) is 5.87. The van der Waals surface area contributed by atoms with Crippen LogP contribution < -0.4 is 5.73 Å². The second-order valence-corrected chi connectivity index (χ2v) is 6.08. The molecule has 0 unspecified atom stereocenters. The summed E-state index contributed by atoms with van der Waals surface area (Å²) in [6.07, 6.45) is 0. The van der Waals surface area contributed by atoms with E-state index in [1.807, 2.05) is 23.2 Å². The third-order valence-corrected chi connectivity index (χ3v) is 4.32. The molecule has 0 aliphatic rings. The fourth-order valence-corrected chi connectivity index (χ4v) is 2.91. The second-order valence-electron chi connectivity index (χ2n) is 4.13. The van der Waals surface area contributed by atoms with Crippen molar-refractivity contribution in [1.29, 1.82) is 0 Å². The number of hydrogen-bond donors (Lipinski definition) is 1. The van der Waals surface area contributed by atoms with Gasteiger partial charge in [0.15, 0.2) is 5.82 Å². The van der Waals surface area contributed by atoms with E-state index in [2.05, 4.69) is 24.0 Å². The number of nitrogen functional groups attached to an aromatic ring is 1. The van der Waals surface area contributed by atoms with Crippen LogP contribution in [0.2, 0.25) is 0 Å². The summed E-state index contributed by atoms with van der Waals surface area (Å²) in [7, 11) is 0. The van der Waals surface area contributed by atoms with Crippen molar-refractivity contribution in [2.45, 2.75) is 19.6 Å². The molecule has 2 N–H and O–H groups in total. The van der Waals surface area contributed by atoms with Crippen LogP contribution in [-0.4, -0.2) is 15.9 Å². The zero-order valence-corrected chi connectivity index (χ0v) is 11.5. The Labute approximate surface area is 109 Å². The molecule has 0 radical (unpaired) electrons. The monoisotopic (exact) mass is 269 g/mol. The molecule has 4 nitrogen and oxygen atoms in total. The number of nitrogens with zero attached hydrogens (tertiary/aromatic N) is 2. The third-order valence-electron chi connectivity index (χ3n) is 2.04. The van der Waals surface area contributed by atoms with Crippen molar-refractivity contribution in [3.8, 4) is 10.8 Å². The normalized spacial score (nSPS) is 11.2. The summed E-state index contributed by atoms with van der Waals surface area (Å²) in [5.74, 6) is 3.83. The topological polar surface area (TPSA) is 64.9 Å². The second kappa shape index (κ2) is 5.55. The number of hydrogen-bond acceptors (Lipinski definition) is 6. The summed E-state index contributed by atoms with van der Waals surface area (Å²) >= 11 is 3.33. The Kier molecular flexibility index (Phi) is 4.06. The van der Waals surface area contributed by atoms with Crippen molar-refractivity contribution in [1.82, 2.24) is 10.1 Å². The molecule has 0 spiro atoms. The molecule has 0 aliphatic heterocycles. The predicted octanol–water partition coefficient (Wildman–Crippen LogP) is 3.27. The van der Waals surface area contributed by atoms with Gasteiger partial charge >= 0.3 is 0 Å². The van der Waals surface area contributed by atoms with Crippen molar-refractivity contribution in [2.75, 3.05) is 11.5 Å². The summed E-state index contributed by atoms with van der Waals surface area (Å²) in [6.45, 7) is 4.39. The Morgan fingerprint density at radius 2 is 2.35 bits per heavy atom. The molecule has 0 saturated carbocycles. The first-order chi connectivity index (χ1) is 8.16. The van der Waals surface area contributed by atoms with E-state index in [-0.39, 0.29) is 0 Å². The fraction of sp³-hybridized carbons (Fsp3) is 0.455. The van der Waals surface area contributed by atoms with E-state index in [1.54, 1.807) is 0 Å². The number of anilines is 1. The summed E-state index contributed by atoms with van der Waals surface area (Å²) < 4.78 is 5.20. The molecule has 0 atom stereocenters. The SMILES string of the molecule is CC(C)CSCc1noc(-c2sccc2N)n1. The largest absolute Gasteiger partial charge is 0.397 e. The van der Waals surface area contributed by atoms with Crippen molar-refractivity contribution in [2.24, 2.45) is 5.92 Å². The van der Waals surface area contributed by atoms with Crippen LogP contribution in [0.1, 0.15) is 19.7 Å². The van der Waals surface area contributed by atoms with Gasteiger partial charge in [-0.1, -0.05) is 19.0 Å². The molecule has 6 heteroatoms. The lowest BCUT2D eigenvalue weighted by molar-refractivity contribution is 0.426. The maximum atomic E-state index is 5.80. The van der Waals surface area contributed by atoms with E-state index in [4.69, 9.17) is 10.3 Å². The lowest BCUT2D eigenvalue weighted by Gasteiger charge is -2.00. The molecule has 0 aliphatic carbocycles. The van der Waals surface area contributed by atoms with Gasteiger partial charge in [-0.2, -0.15) is 16.7 Å². The highest BCUT2D eigenvalue weighted by Gasteiger charge is 2.12. The van der Waals surface area contributed by atoms with E-state index in [0.29, 0.717) is 17.5 Å². The Morgan fingerprint density at radius 3 is 3.00 bits per heavy atom. The molecule has 0 saturated heterocycles. The molecular weight excluding hydrogens is 254 g/mol. The average molecular weight is 269 g/mol. The van der Waals surface area contributed by atoms with Gasteiger partial charge in [0.05, 0.1) is 11.4 Å². The zero-order valence-electron chi connectivity index (χ0n) is 9.84. The van der Waals surface area contributed by atoms with Crippen LogP contribution >= 0.6 is 23.1 Å². The molecule has 0 bridgehead atoms. The van der Waals surface area contributed by atoms with Crippen molar-refractivity contribution >= 4 is 28.8 Å². The highest BCUT2D eigenvalue weighted by Crippen LogP contribution is 2.30. The molecule has 0 fully saturated rings. The van der Waals surface area contributed by atoms with Crippen molar-refractivity contribution < 1.29 is 4.52 Å². The van der Waals surface area contributed by atoms with Gasteiger partial charge in [-0.05, 0) is 23.1 Å². The molecule has 92 valence electrons. The highest BCUT2D eigenvalue weighted by molar-refractivity contribution is 7.98. The van der Waals surface area contributed by atoms with Crippen LogP contribution in [0.5, 0.6) is 0 Å². The molecule has 2 aromatic rings. The summed E-state index contributed by atoms with van der Waals surface area (Å²) in [4.78, 5) is 5.20. The zero-order chi connectivity index (χ0) is 12.3. The molecule has 2 heterocycles. The van der Waals surface area contributed by atoms with Crippen LogP contribution in [0.15, 0.2) is 16.0 Å². The first kappa shape index (κ1) is 12.4. The van der Waals surface area contributed by atoms with Crippen LogP contribution in [-0.2, 0) is 5.75 Å². The first-order valence-electron chi connectivity index (χ1n) is 5.40. The van der Waals surface area contributed by atoms with Gasteiger partial charge in [-0.3, -0.25) is 0 Å². The summed E-state index contributed by atoms with van der Waals surface area (Å²) in [6, 6.07) is 1.84. The van der Waals surface area contributed by atoms with Crippen LogP contribution in [0, 0.1) is 5.92 Å². The number of nitrogens with two attached hydrogens (primary N) is 1. The Hall–Kier alpha value is -1.01. The van der Waals surface area contributed by atoms with E-state index in [0.717, 1.165) is 22.2 Å². The van der Waals surface area contributed by atoms with Crippen LogP contribution in [0.3, 0.4) is 0 Å². The molecule has 2 aromatic heterocycles. The third kappa shape index (κ3) is 3.23. The number of thioether (sulfide) groups is 1. The molecule has 2 rings (SSSR count). The minimum atomic E-state index is 0.526. The number of aromatic nitrogens is 2. The minimum Gasteiger partial charge on any atom is -0.397 e. The van der Waals surface area contributed by atoms with Gasteiger partial charge in [0, 0.05) is 0 Å². The minimum absolute atomic E-state index is 0.526.